The summed E-state index contributed by atoms with van der Waals surface area (Å²) < 4.78 is 1.46. The van der Waals surface area contributed by atoms with E-state index in [0.29, 0.717) is 11.6 Å². The molecule has 7 heteroatoms. The van der Waals surface area contributed by atoms with Crippen molar-refractivity contribution >= 4 is 11.7 Å². The van der Waals surface area contributed by atoms with Crippen molar-refractivity contribution in [1.29, 1.82) is 0 Å². The highest BCUT2D eigenvalue weighted by atomic mass is 16.1. The monoisotopic (exact) mass is 218 g/mol. The number of hydrogen-bond acceptors (Lipinski definition) is 5. The minimum absolute atomic E-state index is 0.199. The quantitative estimate of drug-likeness (QED) is 0.743. The SMILES string of the molecule is CNc1cc(-n2ccc(C(N)=O)n2)ncn1. The van der Waals surface area contributed by atoms with Gasteiger partial charge in [-0.3, -0.25) is 4.79 Å². The Kier molecular flexibility index (Phi) is 2.50. The second kappa shape index (κ2) is 3.97. The van der Waals surface area contributed by atoms with E-state index in [1.807, 2.05) is 0 Å². The lowest BCUT2D eigenvalue weighted by Gasteiger charge is -2.02. The van der Waals surface area contributed by atoms with Crippen LogP contribution in [0.15, 0.2) is 24.7 Å². The molecule has 16 heavy (non-hydrogen) atoms. The van der Waals surface area contributed by atoms with E-state index in [4.69, 9.17) is 5.73 Å². The maximum absolute atomic E-state index is 10.9. The molecular weight excluding hydrogens is 208 g/mol. The van der Waals surface area contributed by atoms with Gasteiger partial charge in [0.15, 0.2) is 5.82 Å². The normalized spacial score (nSPS) is 10.1. The summed E-state index contributed by atoms with van der Waals surface area (Å²) in [5.74, 6) is 0.662. The van der Waals surface area contributed by atoms with Crippen LogP contribution in [0.3, 0.4) is 0 Å². The average molecular weight is 218 g/mol. The van der Waals surface area contributed by atoms with E-state index >= 15 is 0 Å². The summed E-state index contributed by atoms with van der Waals surface area (Å²) in [5, 5.41) is 6.86. The van der Waals surface area contributed by atoms with Gasteiger partial charge in [-0.25, -0.2) is 14.6 Å². The first-order valence-electron chi connectivity index (χ1n) is 4.56. The van der Waals surface area contributed by atoms with E-state index in [1.54, 1.807) is 19.3 Å². The van der Waals surface area contributed by atoms with Crippen molar-refractivity contribution < 1.29 is 4.79 Å². The number of amides is 1. The number of primary amides is 1. The zero-order chi connectivity index (χ0) is 11.5. The Bertz CT molecular complexity index is 520. The van der Waals surface area contributed by atoms with Crippen molar-refractivity contribution in [1.82, 2.24) is 19.7 Å². The van der Waals surface area contributed by atoms with Crippen LogP contribution in [0.1, 0.15) is 10.5 Å². The molecule has 3 N–H and O–H groups in total. The number of nitrogens with zero attached hydrogens (tertiary/aromatic N) is 4. The predicted octanol–water partition coefficient (Wildman–Crippen LogP) is -0.197. The second-order valence-corrected chi connectivity index (χ2v) is 3.02. The Labute approximate surface area is 91.3 Å². The van der Waals surface area contributed by atoms with Crippen molar-refractivity contribution in [2.24, 2.45) is 5.73 Å². The van der Waals surface area contributed by atoms with Crippen LogP contribution in [0.25, 0.3) is 5.82 Å². The molecule has 0 aliphatic rings. The van der Waals surface area contributed by atoms with Gasteiger partial charge >= 0.3 is 0 Å². The van der Waals surface area contributed by atoms with Crippen LogP contribution in [0, 0.1) is 0 Å². The van der Waals surface area contributed by atoms with Gasteiger partial charge in [0.2, 0.25) is 0 Å². The zero-order valence-electron chi connectivity index (χ0n) is 8.58. The standard InChI is InChI=1S/C9H10N6O/c1-11-7-4-8(13-5-12-7)15-3-2-6(14-15)9(10)16/h2-5H,1H3,(H2,10,16)(H,11,12,13). The predicted molar refractivity (Wildman–Crippen MR) is 57.2 cm³/mol. The maximum Gasteiger partial charge on any atom is 0.269 e. The molecule has 82 valence electrons. The Balaban J connectivity index is 2.38. The third kappa shape index (κ3) is 1.83. The number of aromatic nitrogens is 4. The van der Waals surface area contributed by atoms with Crippen molar-refractivity contribution in [3.63, 3.8) is 0 Å². The average Bonchev–Trinajstić information content (AvgIpc) is 2.78. The van der Waals surface area contributed by atoms with Crippen LogP contribution in [0.5, 0.6) is 0 Å². The summed E-state index contributed by atoms with van der Waals surface area (Å²) >= 11 is 0. The van der Waals surface area contributed by atoms with Gasteiger partial charge in [-0.2, -0.15) is 5.10 Å². The molecule has 0 aromatic carbocycles. The van der Waals surface area contributed by atoms with E-state index < -0.39 is 5.91 Å². The Hall–Kier alpha value is -2.44. The van der Waals surface area contributed by atoms with Gasteiger partial charge in [0, 0.05) is 19.3 Å². The number of hydrogen-bond donors (Lipinski definition) is 2. The van der Waals surface area contributed by atoms with E-state index in [2.05, 4.69) is 20.4 Å². The lowest BCUT2D eigenvalue weighted by atomic mass is 10.4. The van der Waals surface area contributed by atoms with Crippen LogP contribution in [-0.4, -0.2) is 32.7 Å². The van der Waals surface area contributed by atoms with Crippen molar-refractivity contribution in [3.05, 3.63) is 30.4 Å². The zero-order valence-corrected chi connectivity index (χ0v) is 8.58. The van der Waals surface area contributed by atoms with Crippen LogP contribution >= 0.6 is 0 Å². The summed E-state index contributed by atoms with van der Waals surface area (Å²) in [7, 11) is 1.75. The van der Waals surface area contributed by atoms with Crippen LogP contribution in [0.4, 0.5) is 5.82 Å². The Morgan fingerprint density at radius 2 is 2.31 bits per heavy atom. The fourth-order valence-electron chi connectivity index (χ4n) is 1.19. The van der Waals surface area contributed by atoms with E-state index in [1.165, 1.54) is 17.1 Å². The molecule has 2 aromatic rings. The lowest BCUT2D eigenvalue weighted by molar-refractivity contribution is 0.0995. The van der Waals surface area contributed by atoms with Gasteiger partial charge in [0.05, 0.1) is 0 Å². The number of carbonyl (C=O) groups is 1. The molecule has 2 rings (SSSR count). The maximum atomic E-state index is 10.9. The molecule has 0 atom stereocenters. The largest absolute Gasteiger partial charge is 0.373 e. The smallest absolute Gasteiger partial charge is 0.269 e. The molecule has 2 heterocycles. The van der Waals surface area contributed by atoms with Crippen LogP contribution in [-0.2, 0) is 0 Å². The Morgan fingerprint density at radius 1 is 1.50 bits per heavy atom. The summed E-state index contributed by atoms with van der Waals surface area (Å²) in [4.78, 5) is 18.9. The minimum Gasteiger partial charge on any atom is -0.373 e. The topological polar surface area (TPSA) is 98.7 Å². The first-order valence-corrected chi connectivity index (χ1v) is 4.56. The highest BCUT2D eigenvalue weighted by Crippen LogP contribution is 2.07. The molecule has 0 aliphatic heterocycles. The molecule has 0 bridgehead atoms. The molecule has 0 saturated carbocycles. The van der Waals surface area contributed by atoms with E-state index in [0.717, 1.165) is 0 Å². The van der Waals surface area contributed by atoms with Gasteiger partial charge in [-0.05, 0) is 6.07 Å². The Morgan fingerprint density at radius 3 is 2.94 bits per heavy atom. The molecule has 0 aliphatic carbocycles. The highest BCUT2D eigenvalue weighted by Gasteiger charge is 2.06. The number of rotatable bonds is 3. The lowest BCUT2D eigenvalue weighted by Crippen LogP contribution is -2.12. The molecule has 0 spiro atoms. The summed E-state index contributed by atoms with van der Waals surface area (Å²) in [6.45, 7) is 0. The molecule has 0 saturated heterocycles. The second-order valence-electron chi connectivity index (χ2n) is 3.02. The molecular formula is C9H10N6O. The number of carbonyl (C=O) groups excluding carboxylic acids is 1. The minimum atomic E-state index is -0.568. The molecule has 0 radical (unpaired) electrons. The third-order valence-corrected chi connectivity index (χ3v) is 1.99. The fourth-order valence-corrected chi connectivity index (χ4v) is 1.19. The van der Waals surface area contributed by atoms with Gasteiger partial charge in [-0.15, -0.1) is 0 Å². The van der Waals surface area contributed by atoms with Gasteiger partial charge in [0.25, 0.3) is 5.91 Å². The van der Waals surface area contributed by atoms with Gasteiger partial charge < -0.3 is 11.1 Å². The fraction of sp³-hybridized carbons (Fsp3) is 0.111. The van der Waals surface area contributed by atoms with Crippen molar-refractivity contribution in [2.75, 3.05) is 12.4 Å². The molecule has 2 aromatic heterocycles. The summed E-state index contributed by atoms with van der Waals surface area (Å²) in [6, 6.07) is 3.24. The number of nitrogens with one attached hydrogen (secondary N) is 1. The summed E-state index contributed by atoms with van der Waals surface area (Å²) in [6.07, 6.45) is 3.02. The number of nitrogens with two attached hydrogens (primary N) is 1. The molecule has 0 fully saturated rings. The third-order valence-electron chi connectivity index (χ3n) is 1.99. The van der Waals surface area contributed by atoms with Gasteiger partial charge in [-0.1, -0.05) is 0 Å². The van der Waals surface area contributed by atoms with Crippen LogP contribution in [0.2, 0.25) is 0 Å². The molecule has 7 nitrogen and oxygen atoms in total. The molecule has 1 amide bonds. The van der Waals surface area contributed by atoms with Crippen LogP contribution < -0.4 is 11.1 Å². The van der Waals surface area contributed by atoms with Gasteiger partial charge in [0.1, 0.15) is 17.8 Å². The highest BCUT2D eigenvalue weighted by molar-refractivity contribution is 5.90. The first-order chi connectivity index (χ1) is 7.70. The molecule has 0 unspecified atom stereocenters. The van der Waals surface area contributed by atoms with Crippen molar-refractivity contribution in [2.45, 2.75) is 0 Å². The first kappa shape index (κ1) is 10.1. The van der Waals surface area contributed by atoms with E-state index in [-0.39, 0.29) is 5.69 Å². The van der Waals surface area contributed by atoms with E-state index in [9.17, 15) is 4.79 Å². The summed E-state index contributed by atoms with van der Waals surface area (Å²) in [5.41, 5.74) is 5.30. The van der Waals surface area contributed by atoms with Crippen molar-refractivity contribution in [3.8, 4) is 5.82 Å². The number of anilines is 1.